The Kier molecular flexibility index (Phi) is 4.15. The highest BCUT2D eigenvalue weighted by molar-refractivity contribution is 7.22. The third kappa shape index (κ3) is 2.79. The van der Waals surface area contributed by atoms with Gasteiger partial charge in [0.25, 0.3) is 0 Å². The van der Waals surface area contributed by atoms with Gasteiger partial charge >= 0.3 is 5.97 Å². The molecule has 96 valence electrons. The first kappa shape index (κ1) is 12.8. The standard InChI is InChI=1S/C13H16N2O2S/c1-3-4-7-17-12(16)9-5-6-10-11(8-9)18-13(14-2)15-10/h5-6,8H,3-4,7H2,1-2H3,(H,14,15). The van der Waals surface area contributed by atoms with Gasteiger partial charge in [0.15, 0.2) is 5.13 Å². The number of fused-ring (bicyclic) bond motifs is 1. The topological polar surface area (TPSA) is 51.2 Å². The van der Waals surface area contributed by atoms with Crippen molar-refractivity contribution in [2.24, 2.45) is 0 Å². The summed E-state index contributed by atoms with van der Waals surface area (Å²) in [7, 11) is 1.83. The van der Waals surface area contributed by atoms with Crippen molar-refractivity contribution in [3.8, 4) is 0 Å². The molecule has 18 heavy (non-hydrogen) atoms. The predicted molar refractivity (Wildman–Crippen MR) is 74.4 cm³/mol. The molecule has 0 aliphatic carbocycles. The smallest absolute Gasteiger partial charge is 0.338 e. The number of anilines is 1. The highest BCUT2D eigenvalue weighted by Gasteiger charge is 2.10. The Hall–Kier alpha value is -1.62. The minimum atomic E-state index is -0.259. The summed E-state index contributed by atoms with van der Waals surface area (Å²) in [5.41, 5.74) is 1.49. The van der Waals surface area contributed by atoms with Gasteiger partial charge in [-0.3, -0.25) is 0 Å². The zero-order chi connectivity index (χ0) is 13.0. The van der Waals surface area contributed by atoms with Gasteiger partial charge in [-0.2, -0.15) is 0 Å². The first-order valence-corrected chi connectivity index (χ1v) is 6.81. The average Bonchev–Trinajstić information content (AvgIpc) is 2.80. The highest BCUT2D eigenvalue weighted by atomic mass is 32.1. The van der Waals surface area contributed by atoms with Crippen LogP contribution in [0.1, 0.15) is 30.1 Å². The molecule has 4 nitrogen and oxygen atoms in total. The van der Waals surface area contributed by atoms with Gasteiger partial charge in [0.1, 0.15) is 0 Å². The van der Waals surface area contributed by atoms with E-state index in [9.17, 15) is 4.79 Å². The van der Waals surface area contributed by atoms with Gasteiger partial charge in [-0.05, 0) is 24.6 Å². The van der Waals surface area contributed by atoms with Crippen molar-refractivity contribution < 1.29 is 9.53 Å². The van der Waals surface area contributed by atoms with E-state index < -0.39 is 0 Å². The van der Waals surface area contributed by atoms with Crippen LogP contribution in [0.25, 0.3) is 10.2 Å². The number of carbonyl (C=O) groups is 1. The zero-order valence-corrected chi connectivity index (χ0v) is 11.3. The van der Waals surface area contributed by atoms with E-state index in [1.807, 2.05) is 19.2 Å². The monoisotopic (exact) mass is 264 g/mol. The van der Waals surface area contributed by atoms with Crippen molar-refractivity contribution in [1.29, 1.82) is 0 Å². The Balaban J connectivity index is 2.15. The number of benzene rings is 1. The van der Waals surface area contributed by atoms with Gasteiger partial charge in [-0.15, -0.1) is 0 Å². The molecule has 0 bridgehead atoms. The molecule has 0 unspecified atom stereocenters. The lowest BCUT2D eigenvalue weighted by Crippen LogP contribution is -2.05. The SMILES string of the molecule is CCCCOC(=O)c1ccc2nc(NC)sc2c1. The molecule has 0 fully saturated rings. The third-order valence-electron chi connectivity index (χ3n) is 2.57. The molecule has 0 aliphatic rings. The summed E-state index contributed by atoms with van der Waals surface area (Å²) in [5, 5.41) is 3.85. The van der Waals surface area contributed by atoms with Crippen LogP contribution < -0.4 is 5.32 Å². The van der Waals surface area contributed by atoms with E-state index >= 15 is 0 Å². The molecule has 1 heterocycles. The molecule has 0 saturated heterocycles. The van der Waals surface area contributed by atoms with Crippen LogP contribution in [0.2, 0.25) is 0 Å². The van der Waals surface area contributed by atoms with Gasteiger partial charge in [-0.1, -0.05) is 24.7 Å². The Morgan fingerprint density at radius 1 is 1.50 bits per heavy atom. The van der Waals surface area contributed by atoms with Crippen LogP contribution in [0.4, 0.5) is 5.13 Å². The second-order valence-electron chi connectivity index (χ2n) is 3.94. The molecule has 0 amide bonds. The van der Waals surface area contributed by atoms with Crippen LogP contribution in [-0.2, 0) is 4.74 Å². The second-order valence-corrected chi connectivity index (χ2v) is 4.97. The summed E-state index contributed by atoms with van der Waals surface area (Å²) in [5.74, 6) is -0.259. The number of unbranched alkanes of at least 4 members (excludes halogenated alkanes) is 1. The number of carbonyl (C=O) groups excluding carboxylic acids is 1. The number of esters is 1. The van der Waals surface area contributed by atoms with Gasteiger partial charge < -0.3 is 10.1 Å². The number of thiazole rings is 1. The molecule has 2 aromatic rings. The number of hydrogen-bond acceptors (Lipinski definition) is 5. The molecular weight excluding hydrogens is 248 g/mol. The average molecular weight is 264 g/mol. The van der Waals surface area contributed by atoms with E-state index in [1.165, 1.54) is 11.3 Å². The van der Waals surface area contributed by atoms with E-state index in [4.69, 9.17) is 4.74 Å². The van der Waals surface area contributed by atoms with E-state index in [2.05, 4.69) is 17.2 Å². The number of nitrogens with zero attached hydrogens (tertiary/aromatic N) is 1. The Morgan fingerprint density at radius 2 is 2.33 bits per heavy atom. The molecule has 2 rings (SSSR count). The molecule has 0 spiro atoms. The van der Waals surface area contributed by atoms with E-state index in [1.54, 1.807) is 6.07 Å². The van der Waals surface area contributed by atoms with Gasteiger partial charge in [-0.25, -0.2) is 9.78 Å². The van der Waals surface area contributed by atoms with Crippen molar-refractivity contribution in [1.82, 2.24) is 4.98 Å². The van der Waals surface area contributed by atoms with Crippen molar-refractivity contribution in [2.75, 3.05) is 19.0 Å². The van der Waals surface area contributed by atoms with Crippen LogP contribution >= 0.6 is 11.3 Å². The zero-order valence-electron chi connectivity index (χ0n) is 10.5. The first-order chi connectivity index (χ1) is 8.74. The van der Waals surface area contributed by atoms with Crippen LogP contribution in [-0.4, -0.2) is 24.6 Å². The fourth-order valence-corrected chi connectivity index (χ4v) is 2.41. The molecule has 1 aromatic heterocycles. The van der Waals surface area contributed by atoms with Gasteiger partial charge in [0.2, 0.25) is 0 Å². The summed E-state index contributed by atoms with van der Waals surface area (Å²) in [4.78, 5) is 16.1. The number of hydrogen-bond donors (Lipinski definition) is 1. The van der Waals surface area contributed by atoms with Crippen molar-refractivity contribution in [3.05, 3.63) is 23.8 Å². The molecule has 1 aromatic carbocycles. The minimum Gasteiger partial charge on any atom is -0.462 e. The Labute approximate surface area is 110 Å². The molecule has 0 atom stereocenters. The first-order valence-electron chi connectivity index (χ1n) is 6.00. The summed E-state index contributed by atoms with van der Waals surface area (Å²) in [6.07, 6.45) is 1.92. The molecule has 1 N–H and O–H groups in total. The maximum Gasteiger partial charge on any atom is 0.338 e. The van der Waals surface area contributed by atoms with E-state index in [-0.39, 0.29) is 5.97 Å². The number of ether oxygens (including phenoxy) is 1. The maximum absolute atomic E-state index is 11.8. The number of aromatic nitrogens is 1. The van der Waals surface area contributed by atoms with Gasteiger partial charge in [0.05, 0.1) is 22.4 Å². The van der Waals surface area contributed by atoms with Crippen LogP contribution in [0, 0.1) is 0 Å². The quantitative estimate of drug-likeness (QED) is 0.665. The second kappa shape index (κ2) is 5.82. The van der Waals surface area contributed by atoms with E-state index in [0.717, 1.165) is 28.2 Å². The largest absolute Gasteiger partial charge is 0.462 e. The summed E-state index contributed by atoms with van der Waals surface area (Å²) in [6, 6.07) is 5.45. The molecule has 0 aliphatic heterocycles. The maximum atomic E-state index is 11.8. The fourth-order valence-electron chi connectivity index (χ4n) is 1.55. The molecule has 0 radical (unpaired) electrons. The lowest BCUT2D eigenvalue weighted by molar-refractivity contribution is 0.0500. The van der Waals surface area contributed by atoms with Crippen molar-refractivity contribution in [3.63, 3.8) is 0 Å². The fraction of sp³-hybridized carbons (Fsp3) is 0.385. The summed E-state index contributed by atoms with van der Waals surface area (Å²) >= 11 is 1.53. The van der Waals surface area contributed by atoms with Crippen molar-refractivity contribution >= 4 is 32.7 Å². The van der Waals surface area contributed by atoms with Crippen LogP contribution in [0.3, 0.4) is 0 Å². The summed E-state index contributed by atoms with van der Waals surface area (Å²) < 4.78 is 6.17. The number of rotatable bonds is 5. The van der Waals surface area contributed by atoms with Crippen LogP contribution in [0.15, 0.2) is 18.2 Å². The molecule has 5 heteroatoms. The Morgan fingerprint density at radius 3 is 3.06 bits per heavy atom. The lowest BCUT2D eigenvalue weighted by Gasteiger charge is -2.03. The molecular formula is C13H16N2O2S. The van der Waals surface area contributed by atoms with Crippen molar-refractivity contribution in [2.45, 2.75) is 19.8 Å². The lowest BCUT2D eigenvalue weighted by atomic mass is 10.2. The summed E-state index contributed by atoms with van der Waals surface area (Å²) in [6.45, 7) is 2.55. The van der Waals surface area contributed by atoms with E-state index in [0.29, 0.717) is 12.2 Å². The highest BCUT2D eigenvalue weighted by Crippen LogP contribution is 2.26. The Bertz CT molecular complexity index is 551. The minimum absolute atomic E-state index is 0.259. The normalized spacial score (nSPS) is 10.6. The van der Waals surface area contributed by atoms with Crippen LogP contribution in [0.5, 0.6) is 0 Å². The third-order valence-corrected chi connectivity index (χ3v) is 3.60. The number of nitrogens with one attached hydrogen (secondary N) is 1. The predicted octanol–water partition coefficient (Wildman–Crippen LogP) is 3.29. The molecule has 0 saturated carbocycles. The van der Waals surface area contributed by atoms with Gasteiger partial charge in [0, 0.05) is 7.05 Å².